The first-order valence-electron chi connectivity index (χ1n) is 9.15. The maximum atomic E-state index is 12.6. The molecule has 1 aliphatic rings. The lowest BCUT2D eigenvalue weighted by molar-refractivity contribution is -0.127. The van der Waals surface area contributed by atoms with Crippen LogP contribution in [0.15, 0.2) is 42.1 Å². The van der Waals surface area contributed by atoms with Gasteiger partial charge in [-0.25, -0.2) is 9.69 Å². The highest BCUT2D eigenvalue weighted by atomic mass is 35.5. The average Bonchev–Trinajstić information content (AvgIpc) is 2.93. The quantitative estimate of drug-likeness (QED) is 0.482. The lowest BCUT2D eigenvalue weighted by atomic mass is 10.1. The Labute approximate surface area is 178 Å². The molecule has 1 aliphatic heterocycles. The molecular weight excluding hydrogens is 410 g/mol. The third-order valence-electron chi connectivity index (χ3n) is 4.23. The number of phenols is 1. The fourth-order valence-corrected chi connectivity index (χ4v) is 3.11. The van der Waals surface area contributed by atoms with E-state index >= 15 is 0 Å². The number of aryl methyl sites for hydroxylation is 1. The highest BCUT2D eigenvalue weighted by molar-refractivity contribution is 6.32. The second-order valence-corrected chi connectivity index (χ2v) is 6.99. The number of aromatic hydroxyl groups is 1. The van der Waals surface area contributed by atoms with Gasteiger partial charge in [-0.1, -0.05) is 23.7 Å². The number of nitrogens with one attached hydrogen (secondary N) is 2. The first-order chi connectivity index (χ1) is 14.3. The predicted molar refractivity (Wildman–Crippen MR) is 112 cm³/mol. The minimum atomic E-state index is -0.708. The van der Waals surface area contributed by atoms with Crippen LogP contribution < -0.4 is 15.4 Å². The minimum absolute atomic E-state index is 0.0208. The number of imide groups is 1. The van der Waals surface area contributed by atoms with Crippen LogP contribution in [0, 0.1) is 6.92 Å². The molecule has 3 N–H and O–H groups in total. The smallest absolute Gasteiger partial charge is 0.329 e. The van der Waals surface area contributed by atoms with Crippen LogP contribution in [0.4, 0.5) is 10.5 Å². The lowest BCUT2D eigenvalue weighted by Gasteiger charge is -2.12. The van der Waals surface area contributed by atoms with Gasteiger partial charge in [0, 0.05) is 5.69 Å². The monoisotopic (exact) mass is 429 g/mol. The molecule has 0 aromatic heterocycles. The number of hydrogen-bond acceptors (Lipinski definition) is 5. The molecule has 1 fully saturated rings. The fourth-order valence-electron chi connectivity index (χ4n) is 2.89. The van der Waals surface area contributed by atoms with Gasteiger partial charge in [0.25, 0.3) is 5.91 Å². The third kappa shape index (κ3) is 4.72. The number of rotatable bonds is 6. The van der Waals surface area contributed by atoms with Gasteiger partial charge < -0.3 is 20.5 Å². The van der Waals surface area contributed by atoms with E-state index in [2.05, 4.69) is 10.6 Å². The number of amides is 4. The molecule has 3 rings (SSSR count). The summed E-state index contributed by atoms with van der Waals surface area (Å²) in [7, 11) is 0. The first-order valence-corrected chi connectivity index (χ1v) is 9.52. The summed E-state index contributed by atoms with van der Waals surface area (Å²) >= 11 is 6.00. The number of benzene rings is 2. The van der Waals surface area contributed by atoms with Crippen molar-refractivity contribution in [3.8, 4) is 11.5 Å². The van der Waals surface area contributed by atoms with Crippen molar-refractivity contribution < 1.29 is 24.2 Å². The number of carbonyl (C=O) groups is 3. The summed E-state index contributed by atoms with van der Waals surface area (Å²) in [6.45, 7) is 3.51. The number of hydrogen-bond donors (Lipinski definition) is 3. The van der Waals surface area contributed by atoms with Gasteiger partial charge in [-0.2, -0.15) is 0 Å². The van der Waals surface area contributed by atoms with E-state index in [4.69, 9.17) is 16.3 Å². The number of anilines is 1. The van der Waals surface area contributed by atoms with E-state index in [0.29, 0.717) is 17.9 Å². The van der Waals surface area contributed by atoms with Gasteiger partial charge in [-0.15, -0.1) is 0 Å². The van der Waals surface area contributed by atoms with Crippen molar-refractivity contribution in [1.82, 2.24) is 10.2 Å². The van der Waals surface area contributed by atoms with Crippen LogP contribution in [0.5, 0.6) is 11.5 Å². The van der Waals surface area contributed by atoms with E-state index < -0.39 is 24.4 Å². The normalized spacial score (nSPS) is 14.8. The molecule has 0 unspecified atom stereocenters. The van der Waals surface area contributed by atoms with E-state index in [0.717, 1.165) is 10.5 Å². The van der Waals surface area contributed by atoms with Gasteiger partial charge in [-0.05, 0) is 55.3 Å². The second-order valence-electron chi connectivity index (χ2n) is 6.58. The summed E-state index contributed by atoms with van der Waals surface area (Å²) in [5, 5.41) is 15.1. The number of phenolic OH excluding ortho intramolecular Hbond substituents is 1. The molecular formula is C21H20ClN3O5. The molecule has 0 aliphatic carbocycles. The molecule has 0 spiro atoms. The molecule has 0 atom stereocenters. The number of carbonyl (C=O) groups excluding carboxylic acids is 3. The summed E-state index contributed by atoms with van der Waals surface area (Å²) in [6.07, 6.45) is 1.40. The van der Waals surface area contributed by atoms with Crippen LogP contribution >= 0.6 is 11.6 Å². The predicted octanol–water partition coefficient (Wildman–Crippen LogP) is 3.28. The van der Waals surface area contributed by atoms with E-state index in [1.54, 1.807) is 25.1 Å². The molecule has 30 heavy (non-hydrogen) atoms. The van der Waals surface area contributed by atoms with Gasteiger partial charge in [0.2, 0.25) is 5.91 Å². The average molecular weight is 430 g/mol. The Hall–Kier alpha value is -3.52. The maximum Gasteiger partial charge on any atom is 0.329 e. The van der Waals surface area contributed by atoms with Gasteiger partial charge >= 0.3 is 6.03 Å². The topological polar surface area (TPSA) is 108 Å². The fraction of sp³-hybridized carbons (Fsp3) is 0.190. The molecule has 4 amide bonds. The van der Waals surface area contributed by atoms with Gasteiger partial charge in [0.15, 0.2) is 11.5 Å². The highest BCUT2D eigenvalue weighted by Gasteiger charge is 2.35. The van der Waals surface area contributed by atoms with Crippen molar-refractivity contribution >= 4 is 41.2 Å². The van der Waals surface area contributed by atoms with Crippen molar-refractivity contribution in [3.63, 3.8) is 0 Å². The Bertz CT molecular complexity index is 1050. The zero-order valence-electron chi connectivity index (χ0n) is 16.4. The van der Waals surface area contributed by atoms with Crippen LogP contribution in [-0.4, -0.2) is 41.0 Å². The summed E-state index contributed by atoms with van der Waals surface area (Å²) in [5.74, 6) is -1.21. The van der Waals surface area contributed by atoms with Crippen molar-refractivity contribution in [2.75, 3.05) is 18.5 Å². The zero-order valence-corrected chi connectivity index (χ0v) is 17.1. The molecule has 9 heteroatoms. The minimum Gasteiger partial charge on any atom is -0.503 e. The molecule has 156 valence electrons. The van der Waals surface area contributed by atoms with Crippen LogP contribution in [0.3, 0.4) is 0 Å². The summed E-state index contributed by atoms with van der Waals surface area (Å²) in [4.78, 5) is 37.9. The van der Waals surface area contributed by atoms with E-state index in [-0.39, 0.29) is 22.2 Å². The van der Waals surface area contributed by atoms with Gasteiger partial charge in [0.05, 0.1) is 11.6 Å². The number of ether oxygens (including phenoxy) is 1. The largest absolute Gasteiger partial charge is 0.503 e. The van der Waals surface area contributed by atoms with Crippen molar-refractivity contribution in [3.05, 3.63) is 58.2 Å². The third-order valence-corrected chi connectivity index (χ3v) is 4.52. The van der Waals surface area contributed by atoms with E-state index in [1.165, 1.54) is 18.2 Å². The Morgan fingerprint density at radius 1 is 1.30 bits per heavy atom. The second kappa shape index (κ2) is 8.87. The highest BCUT2D eigenvalue weighted by Crippen LogP contribution is 2.36. The maximum absolute atomic E-state index is 12.6. The number of nitrogens with zero attached hydrogens (tertiary/aromatic N) is 1. The molecule has 2 aromatic carbocycles. The summed E-state index contributed by atoms with van der Waals surface area (Å²) in [5.41, 5.74) is 1.96. The molecule has 0 bridgehead atoms. The summed E-state index contributed by atoms with van der Waals surface area (Å²) in [6, 6.07) is 9.38. The Balaban J connectivity index is 1.75. The lowest BCUT2D eigenvalue weighted by Crippen LogP contribution is -2.38. The number of urea groups is 1. The Morgan fingerprint density at radius 2 is 2.07 bits per heavy atom. The molecule has 1 heterocycles. The molecule has 8 nitrogen and oxygen atoms in total. The van der Waals surface area contributed by atoms with Gasteiger partial charge in [-0.3, -0.25) is 9.59 Å². The van der Waals surface area contributed by atoms with Crippen LogP contribution in [0.1, 0.15) is 18.1 Å². The molecule has 1 saturated heterocycles. The van der Waals surface area contributed by atoms with Crippen LogP contribution in [-0.2, 0) is 9.59 Å². The van der Waals surface area contributed by atoms with Crippen LogP contribution in [0.25, 0.3) is 6.08 Å². The van der Waals surface area contributed by atoms with Gasteiger partial charge in [0.1, 0.15) is 12.2 Å². The Morgan fingerprint density at radius 3 is 2.77 bits per heavy atom. The van der Waals surface area contributed by atoms with E-state index in [1.807, 2.05) is 13.0 Å². The standard InChI is InChI=1S/C21H20ClN3O5/c1-3-30-17-10-13(8-15(22)19(17)27)9-16-20(28)25(21(29)24-16)11-18(26)23-14-6-4-5-12(2)7-14/h4-10,27H,3,11H2,1-2H3,(H,23,26)(H,24,29)/b16-9+. The Kier molecular flexibility index (Phi) is 6.27. The number of halogens is 1. The van der Waals surface area contributed by atoms with E-state index in [9.17, 15) is 19.5 Å². The van der Waals surface area contributed by atoms with Crippen LogP contribution in [0.2, 0.25) is 5.02 Å². The zero-order chi connectivity index (χ0) is 21.8. The first kappa shape index (κ1) is 21.2. The molecule has 0 saturated carbocycles. The molecule has 2 aromatic rings. The summed E-state index contributed by atoms with van der Waals surface area (Å²) < 4.78 is 5.31. The SMILES string of the molecule is CCOc1cc(/C=C2/NC(=O)N(CC(=O)Nc3cccc(C)c3)C2=O)cc(Cl)c1O. The van der Waals surface area contributed by atoms with Crippen molar-refractivity contribution in [2.24, 2.45) is 0 Å². The molecule has 0 radical (unpaired) electrons. The van der Waals surface area contributed by atoms with Crippen molar-refractivity contribution in [2.45, 2.75) is 13.8 Å². The van der Waals surface area contributed by atoms with Crippen molar-refractivity contribution in [1.29, 1.82) is 0 Å².